The van der Waals surface area contributed by atoms with Gasteiger partial charge in [-0.3, -0.25) is 4.21 Å². The number of benzene rings is 1. The van der Waals surface area contributed by atoms with Crippen molar-refractivity contribution in [1.29, 1.82) is 0 Å². The molecule has 0 amide bonds. The third-order valence-electron chi connectivity index (χ3n) is 3.18. The van der Waals surface area contributed by atoms with Gasteiger partial charge in [0.1, 0.15) is 5.75 Å². The summed E-state index contributed by atoms with van der Waals surface area (Å²) < 4.78 is 16.4. The molecule has 0 heterocycles. The van der Waals surface area contributed by atoms with Crippen LogP contribution in [0.15, 0.2) is 24.3 Å². The van der Waals surface area contributed by atoms with Crippen LogP contribution in [0.3, 0.4) is 0 Å². The summed E-state index contributed by atoms with van der Waals surface area (Å²) in [4.78, 5) is 0. The summed E-state index contributed by atoms with van der Waals surface area (Å²) >= 11 is 0. The number of ether oxygens (including phenoxy) is 1. The van der Waals surface area contributed by atoms with E-state index < -0.39 is 10.8 Å². The second-order valence-corrected chi connectivity index (χ2v) is 6.35. The number of hydrogen-bond donors (Lipinski definition) is 1. The molecule has 0 aliphatic rings. The van der Waals surface area contributed by atoms with Crippen molar-refractivity contribution < 1.29 is 8.95 Å². The Morgan fingerprint density at radius 1 is 1.28 bits per heavy atom. The SMILES string of the molecule is COc1ccc(C(C)NCCC(C)S(C)=O)cc1. The standard InChI is InChI=1S/C14H23NO2S/c1-11(18(4)16)9-10-15-12(2)13-5-7-14(17-3)8-6-13/h5-8,11-12,15H,9-10H2,1-4H3. The molecule has 0 aliphatic carbocycles. The van der Waals surface area contributed by atoms with Crippen LogP contribution in [0.4, 0.5) is 0 Å². The average molecular weight is 269 g/mol. The van der Waals surface area contributed by atoms with Crippen molar-refractivity contribution >= 4 is 10.8 Å². The highest BCUT2D eigenvalue weighted by Crippen LogP contribution is 2.17. The zero-order chi connectivity index (χ0) is 13.5. The highest BCUT2D eigenvalue weighted by molar-refractivity contribution is 7.84. The van der Waals surface area contributed by atoms with Crippen LogP contribution in [0.2, 0.25) is 0 Å². The van der Waals surface area contributed by atoms with E-state index in [2.05, 4.69) is 24.4 Å². The summed E-state index contributed by atoms with van der Waals surface area (Å²) in [5.74, 6) is 0.876. The highest BCUT2D eigenvalue weighted by atomic mass is 32.2. The van der Waals surface area contributed by atoms with Gasteiger partial charge >= 0.3 is 0 Å². The molecular weight excluding hydrogens is 246 g/mol. The molecule has 0 fully saturated rings. The van der Waals surface area contributed by atoms with Crippen LogP contribution < -0.4 is 10.1 Å². The maximum absolute atomic E-state index is 11.2. The van der Waals surface area contributed by atoms with E-state index in [1.807, 2.05) is 19.1 Å². The van der Waals surface area contributed by atoms with Gasteiger partial charge in [0.15, 0.2) is 0 Å². The van der Waals surface area contributed by atoms with Gasteiger partial charge in [0.2, 0.25) is 0 Å². The van der Waals surface area contributed by atoms with Crippen molar-refractivity contribution in [3.05, 3.63) is 29.8 Å². The lowest BCUT2D eigenvalue weighted by Crippen LogP contribution is -2.24. The molecule has 0 spiro atoms. The van der Waals surface area contributed by atoms with Crippen molar-refractivity contribution in [3.63, 3.8) is 0 Å². The van der Waals surface area contributed by atoms with Gasteiger partial charge in [0, 0.05) is 28.3 Å². The molecule has 102 valence electrons. The van der Waals surface area contributed by atoms with Gasteiger partial charge in [-0.1, -0.05) is 19.1 Å². The first-order valence-electron chi connectivity index (χ1n) is 6.24. The number of rotatable bonds is 7. The van der Waals surface area contributed by atoms with Gasteiger partial charge in [0.25, 0.3) is 0 Å². The zero-order valence-corrected chi connectivity index (χ0v) is 12.4. The van der Waals surface area contributed by atoms with E-state index in [4.69, 9.17) is 4.74 Å². The fourth-order valence-corrected chi connectivity index (χ4v) is 2.13. The second-order valence-electron chi connectivity index (χ2n) is 4.55. The van der Waals surface area contributed by atoms with Gasteiger partial charge < -0.3 is 10.1 Å². The Hall–Kier alpha value is -0.870. The van der Waals surface area contributed by atoms with E-state index >= 15 is 0 Å². The number of nitrogens with one attached hydrogen (secondary N) is 1. The third kappa shape index (κ3) is 4.78. The first kappa shape index (κ1) is 15.2. The molecule has 18 heavy (non-hydrogen) atoms. The van der Waals surface area contributed by atoms with Crippen molar-refractivity contribution in [1.82, 2.24) is 5.32 Å². The molecule has 3 unspecified atom stereocenters. The minimum atomic E-state index is -0.730. The van der Waals surface area contributed by atoms with Crippen molar-refractivity contribution in [2.24, 2.45) is 0 Å². The molecule has 1 aromatic rings. The summed E-state index contributed by atoms with van der Waals surface area (Å²) in [6, 6.07) is 8.37. The smallest absolute Gasteiger partial charge is 0.118 e. The van der Waals surface area contributed by atoms with Gasteiger partial charge in [-0.2, -0.15) is 0 Å². The molecule has 0 aromatic heterocycles. The van der Waals surface area contributed by atoms with Crippen LogP contribution in [0.1, 0.15) is 31.9 Å². The summed E-state index contributed by atoms with van der Waals surface area (Å²) in [5.41, 5.74) is 1.24. The van der Waals surface area contributed by atoms with Gasteiger partial charge in [0.05, 0.1) is 7.11 Å². The molecule has 1 N–H and O–H groups in total. The van der Waals surface area contributed by atoms with Crippen LogP contribution in [0.25, 0.3) is 0 Å². The highest BCUT2D eigenvalue weighted by Gasteiger charge is 2.08. The molecule has 3 atom stereocenters. The van der Waals surface area contributed by atoms with E-state index in [1.165, 1.54) is 5.56 Å². The molecule has 0 radical (unpaired) electrons. The Morgan fingerprint density at radius 3 is 2.39 bits per heavy atom. The van der Waals surface area contributed by atoms with Crippen LogP contribution in [-0.2, 0) is 10.8 Å². The number of hydrogen-bond acceptors (Lipinski definition) is 3. The van der Waals surface area contributed by atoms with Crippen LogP contribution in [-0.4, -0.2) is 29.4 Å². The Labute approximate surface area is 112 Å². The van der Waals surface area contributed by atoms with Crippen molar-refractivity contribution in [2.75, 3.05) is 19.9 Å². The van der Waals surface area contributed by atoms with Gasteiger partial charge in [-0.05, 0) is 37.6 Å². The fraction of sp³-hybridized carbons (Fsp3) is 0.571. The predicted molar refractivity (Wildman–Crippen MR) is 77.6 cm³/mol. The topological polar surface area (TPSA) is 38.3 Å². The molecule has 0 aliphatic heterocycles. The fourth-order valence-electron chi connectivity index (χ4n) is 1.68. The normalized spacial score (nSPS) is 16.0. The average Bonchev–Trinajstić information content (AvgIpc) is 2.38. The van der Waals surface area contributed by atoms with Gasteiger partial charge in [-0.25, -0.2) is 0 Å². The van der Waals surface area contributed by atoms with Gasteiger partial charge in [-0.15, -0.1) is 0 Å². The molecule has 1 rings (SSSR count). The van der Waals surface area contributed by atoms with Crippen LogP contribution in [0, 0.1) is 0 Å². The zero-order valence-electron chi connectivity index (χ0n) is 11.6. The minimum absolute atomic E-state index is 0.251. The van der Waals surface area contributed by atoms with Crippen LogP contribution in [0.5, 0.6) is 5.75 Å². The Bertz CT molecular complexity index is 378. The molecule has 0 saturated carbocycles. The molecule has 0 saturated heterocycles. The lowest BCUT2D eigenvalue weighted by molar-refractivity contribution is 0.414. The monoisotopic (exact) mass is 269 g/mol. The quantitative estimate of drug-likeness (QED) is 0.826. The van der Waals surface area contributed by atoms with E-state index in [1.54, 1.807) is 13.4 Å². The first-order chi connectivity index (χ1) is 8.54. The second kappa shape index (κ2) is 7.54. The maximum Gasteiger partial charge on any atom is 0.118 e. The summed E-state index contributed by atoms with van der Waals surface area (Å²) in [6.45, 7) is 5.04. The first-order valence-corrected chi connectivity index (χ1v) is 7.86. The lowest BCUT2D eigenvalue weighted by Gasteiger charge is -2.16. The molecule has 0 bridgehead atoms. The Kier molecular flexibility index (Phi) is 6.36. The largest absolute Gasteiger partial charge is 0.497 e. The van der Waals surface area contributed by atoms with Crippen molar-refractivity contribution in [2.45, 2.75) is 31.6 Å². The lowest BCUT2D eigenvalue weighted by atomic mass is 10.1. The Balaban J connectivity index is 2.40. The Morgan fingerprint density at radius 2 is 1.89 bits per heavy atom. The summed E-state index contributed by atoms with van der Waals surface area (Å²) in [6.07, 6.45) is 2.70. The predicted octanol–water partition coefficient (Wildman–Crippen LogP) is 2.50. The minimum Gasteiger partial charge on any atom is -0.497 e. The number of methoxy groups -OCH3 is 1. The van der Waals surface area contributed by atoms with E-state index in [9.17, 15) is 4.21 Å². The molecular formula is C14H23NO2S. The summed E-state index contributed by atoms with van der Waals surface area (Å²) in [5, 5.41) is 3.70. The molecule has 3 nitrogen and oxygen atoms in total. The van der Waals surface area contributed by atoms with E-state index in [0.717, 1.165) is 18.7 Å². The maximum atomic E-state index is 11.2. The molecule has 4 heteroatoms. The van der Waals surface area contributed by atoms with E-state index in [-0.39, 0.29) is 5.25 Å². The van der Waals surface area contributed by atoms with Crippen molar-refractivity contribution in [3.8, 4) is 5.75 Å². The molecule has 1 aromatic carbocycles. The third-order valence-corrected chi connectivity index (χ3v) is 4.55. The summed E-state index contributed by atoms with van der Waals surface area (Å²) in [7, 11) is 0.939. The van der Waals surface area contributed by atoms with E-state index in [0.29, 0.717) is 6.04 Å². The van der Waals surface area contributed by atoms with Crippen LogP contribution >= 0.6 is 0 Å².